The van der Waals surface area contributed by atoms with E-state index in [0.29, 0.717) is 0 Å². The van der Waals surface area contributed by atoms with Crippen LogP contribution in [0, 0.1) is 6.92 Å². The number of nitrogens with zero attached hydrogens (tertiary/aromatic N) is 1. The van der Waals surface area contributed by atoms with Crippen LogP contribution in [0.5, 0.6) is 5.75 Å². The van der Waals surface area contributed by atoms with E-state index < -0.39 is 0 Å². The molecule has 3 rings (SSSR count). The SMILES string of the molecule is Cc1ccnc2cc3c(cc12)OCCNC3. The van der Waals surface area contributed by atoms with E-state index in [1.807, 2.05) is 12.3 Å². The fourth-order valence-corrected chi connectivity index (χ4v) is 2.08. The van der Waals surface area contributed by atoms with E-state index in [2.05, 4.69) is 29.4 Å². The highest BCUT2D eigenvalue weighted by Crippen LogP contribution is 2.27. The first kappa shape index (κ1) is 9.60. The third kappa shape index (κ3) is 1.53. The molecular weight excluding hydrogens is 200 g/mol. The number of rotatable bonds is 0. The lowest BCUT2D eigenvalue weighted by atomic mass is 10.1. The first-order chi connectivity index (χ1) is 7.84. The highest BCUT2D eigenvalue weighted by Gasteiger charge is 2.10. The molecule has 1 aliphatic heterocycles. The number of hydrogen-bond acceptors (Lipinski definition) is 3. The van der Waals surface area contributed by atoms with Crippen LogP contribution >= 0.6 is 0 Å². The molecule has 0 aliphatic carbocycles. The Morgan fingerprint density at radius 3 is 3.25 bits per heavy atom. The quantitative estimate of drug-likeness (QED) is 0.728. The molecule has 1 N–H and O–H groups in total. The summed E-state index contributed by atoms with van der Waals surface area (Å²) in [6, 6.07) is 6.26. The van der Waals surface area contributed by atoms with E-state index in [1.165, 1.54) is 16.5 Å². The zero-order valence-corrected chi connectivity index (χ0v) is 9.29. The van der Waals surface area contributed by atoms with Gasteiger partial charge < -0.3 is 10.1 Å². The van der Waals surface area contributed by atoms with Crippen LogP contribution in [0.2, 0.25) is 0 Å². The van der Waals surface area contributed by atoms with Gasteiger partial charge in [0.1, 0.15) is 12.4 Å². The van der Waals surface area contributed by atoms with Crippen LogP contribution in [-0.4, -0.2) is 18.1 Å². The summed E-state index contributed by atoms with van der Waals surface area (Å²) in [6.07, 6.45) is 1.86. The van der Waals surface area contributed by atoms with E-state index in [4.69, 9.17) is 4.74 Å². The average Bonchev–Trinajstić information content (AvgIpc) is 2.52. The molecular formula is C13H14N2O. The van der Waals surface area contributed by atoms with Gasteiger partial charge in [-0.25, -0.2) is 0 Å². The predicted octanol–water partition coefficient (Wildman–Crippen LogP) is 2.03. The third-order valence-electron chi connectivity index (χ3n) is 2.99. The van der Waals surface area contributed by atoms with Crippen molar-refractivity contribution in [1.82, 2.24) is 10.3 Å². The molecule has 3 nitrogen and oxygen atoms in total. The second kappa shape index (κ2) is 3.76. The molecule has 2 heterocycles. The fraction of sp³-hybridized carbons (Fsp3) is 0.308. The summed E-state index contributed by atoms with van der Waals surface area (Å²) in [5.41, 5.74) is 3.49. The molecule has 1 aliphatic rings. The number of nitrogens with one attached hydrogen (secondary N) is 1. The van der Waals surface area contributed by atoms with Crippen molar-refractivity contribution in [3.05, 3.63) is 35.5 Å². The minimum absolute atomic E-state index is 0.734. The Kier molecular flexibility index (Phi) is 2.26. The van der Waals surface area contributed by atoms with Crippen molar-refractivity contribution in [3.63, 3.8) is 0 Å². The summed E-state index contributed by atoms with van der Waals surface area (Å²) < 4.78 is 5.72. The second-order valence-electron chi connectivity index (χ2n) is 4.13. The molecule has 1 aromatic heterocycles. The van der Waals surface area contributed by atoms with Crippen LogP contribution < -0.4 is 10.1 Å². The molecule has 0 atom stereocenters. The van der Waals surface area contributed by atoms with Gasteiger partial charge in [-0.1, -0.05) is 0 Å². The van der Waals surface area contributed by atoms with Crippen LogP contribution in [0.15, 0.2) is 24.4 Å². The van der Waals surface area contributed by atoms with Crippen LogP contribution in [0.1, 0.15) is 11.1 Å². The highest BCUT2D eigenvalue weighted by molar-refractivity contribution is 5.84. The topological polar surface area (TPSA) is 34.1 Å². The van der Waals surface area contributed by atoms with E-state index in [1.54, 1.807) is 0 Å². The number of benzene rings is 1. The number of ether oxygens (including phenoxy) is 1. The number of pyridine rings is 1. The first-order valence-electron chi connectivity index (χ1n) is 5.56. The van der Waals surface area contributed by atoms with Crippen LogP contribution in [0.3, 0.4) is 0 Å². The summed E-state index contributed by atoms with van der Waals surface area (Å²) in [6.45, 7) is 4.60. The Bertz CT molecular complexity index is 537. The summed E-state index contributed by atoms with van der Waals surface area (Å²) in [5, 5.41) is 4.51. The minimum atomic E-state index is 0.734. The van der Waals surface area contributed by atoms with Crippen molar-refractivity contribution in [2.45, 2.75) is 13.5 Å². The van der Waals surface area contributed by atoms with Gasteiger partial charge in [0, 0.05) is 30.2 Å². The predicted molar refractivity (Wildman–Crippen MR) is 63.7 cm³/mol. The van der Waals surface area contributed by atoms with Gasteiger partial charge in [-0.05, 0) is 30.7 Å². The fourth-order valence-electron chi connectivity index (χ4n) is 2.08. The van der Waals surface area contributed by atoms with Crippen molar-refractivity contribution >= 4 is 10.9 Å². The van der Waals surface area contributed by atoms with Crippen LogP contribution in [0.25, 0.3) is 10.9 Å². The Morgan fingerprint density at radius 2 is 2.31 bits per heavy atom. The van der Waals surface area contributed by atoms with Crippen molar-refractivity contribution < 1.29 is 4.74 Å². The molecule has 2 aromatic rings. The molecule has 0 radical (unpaired) electrons. The molecule has 0 amide bonds. The zero-order chi connectivity index (χ0) is 11.0. The van der Waals surface area contributed by atoms with Gasteiger partial charge in [0.2, 0.25) is 0 Å². The average molecular weight is 214 g/mol. The summed E-state index contributed by atoms with van der Waals surface area (Å²) in [5.74, 6) is 0.994. The Labute approximate surface area is 94.5 Å². The van der Waals surface area contributed by atoms with Crippen LogP contribution in [-0.2, 0) is 6.54 Å². The molecule has 3 heteroatoms. The van der Waals surface area contributed by atoms with Gasteiger partial charge in [0.05, 0.1) is 5.52 Å². The third-order valence-corrected chi connectivity index (χ3v) is 2.99. The molecule has 0 saturated heterocycles. The number of aryl methyl sites for hydroxylation is 1. The number of aromatic nitrogens is 1. The normalized spacial score (nSPS) is 15.3. The van der Waals surface area contributed by atoms with Gasteiger partial charge in [0.15, 0.2) is 0 Å². The number of fused-ring (bicyclic) bond motifs is 2. The van der Waals surface area contributed by atoms with E-state index >= 15 is 0 Å². The van der Waals surface area contributed by atoms with E-state index in [-0.39, 0.29) is 0 Å². The molecule has 1 aromatic carbocycles. The van der Waals surface area contributed by atoms with E-state index in [0.717, 1.165) is 31.0 Å². The largest absolute Gasteiger partial charge is 0.492 e. The molecule has 0 saturated carbocycles. The molecule has 82 valence electrons. The monoisotopic (exact) mass is 214 g/mol. The highest BCUT2D eigenvalue weighted by atomic mass is 16.5. The summed E-state index contributed by atoms with van der Waals surface area (Å²) >= 11 is 0. The summed E-state index contributed by atoms with van der Waals surface area (Å²) in [7, 11) is 0. The van der Waals surface area contributed by atoms with Gasteiger partial charge >= 0.3 is 0 Å². The Morgan fingerprint density at radius 1 is 1.38 bits per heavy atom. The lowest BCUT2D eigenvalue weighted by Gasteiger charge is -2.09. The lowest BCUT2D eigenvalue weighted by Crippen LogP contribution is -2.16. The molecule has 16 heavy (non-hydrogen) atoms. The maximum atomic E-state index is 5.72. The van der Waals surface area contributed by atoms with Crippen molar-refractivity contribution in [2.75, 3.05) is 13.2 Å². The lowest BCUT2D eigenvalue weighted by molar-refractivity contribution is 0.326. The molecule has 0 spiro atoms. The zero-order valence-electron chi connectivity index (χ0n) is 9.29. The maximum Gasteiger partial charge on any atom is 0.124 e. The van der Waals surface area contributed by atoms with Crippen molar-refractivity contribution in [2.24, 2.45) is 0 Å². The van der Waals surface area contributed by atoms with Gasteiger partial charge in [-0.3, -0.25) is 4.98 Å². The molecule has 0 fully saturated rings. The molecule has 0 bridgehead atoms. The van der Waals surface area contributed by atoms with Gasteiger partial charge in [-0.2, -0.15) is 0 Å². The van der Waals surface area contributed by atoms with Gasteiger partial charge in [-0.15, -0.1) is 0 Å². The van der Waals surface area contributed by atoms with Crippen molar-refractivity contribution in [3.8, 4) is 5.75 Å². The first-order valence-corrected chi connectivity index (χ1v) is 5.56. The second-order valence-corrected chi connectivity index (χ2v) is 4.13. The van der Waals surface area contributed by atoms with Gasteiger partial charge in [0.25, 0.3) is 0 Å². The Hall–Kier alpha value is -1.61. The maximum absolute atomic E-state index is 5.72. The standard InChI is InChI=1S/C13H14N2O/c1-9-2-3-15-12-6-10-8-14-4-5-16-13(10)7-11(9)12/h2-3,6-7,14H,4-5,8H2,1H3. The Balaban J connectivity index is 2.24. The van der Waals surface area contributed by atoms with E-state index in [9.17, 15) is 0 Å². The van der Waals surface area contributed by atoms with Crippen LogP contribution in [0.4, 0.5) is 0 Å². The number of hydrogen-bond donors (Lipinski definition) is 1. The smallest absolute Gasteiger partial charge is 0.124 e. The summed E-state index contributed by atoms with van der Waals surface area (Å²) in [4.78, 5) is 4.40. The minimum Gasteiger partial charge on any atom is -0.492 e. The van der Waals surface area contributed by atoms with Crippen molar-refractivity contribution in [1.29, 1.82) is 0 Å². The molecule has 0 unspecified atom stereocenters.